The van der Waals surface area contributed by atoms with Gasteiger partial charge in [-0.05, 0) is 32.3 Å². The van der Waals surface area contributed by atoms with Crippen LogP contribution in [0.2, 0.25) is 0 Å². The molecule has 5 heteroatoms. The van der Waals surface area contributed by atoms with Crippen molar-refractivity contribution in [3.63, 3.8) is 0 Å². The average molecular weight is 253 g/mol. The minimum absolute atomic E-state index is 0.0663. The highest BCUT2D eigenvalue weighted by Gasteiger charge is 2.31. The maximum atomic E-state index is 12.3. The first-order valence-electron chi connectivity index (χ1n) is 6.22. The molecule has 0 radical (unpaired) electrons. The Hall–Kier alpha value is -1.33. The third kappa shape index (κ3) is 2.57. The molecule has 1 aromatic heterocycles. The number of likely N-dealkylation sites (tertiary alicyclic amines) is 1. The van der Waals surface area contributed by atoms with Crippen LogP contribution in [0.3, 0.4) is 0 Å². The molecule has 0 aliphatic carbocycles. The van der Waals surface area contributed by atoms with Crippen LogP contribution in [0.4, 0.5) is 0 Å². The number of nitrogens with zero attached hydrogens (tertiary/aromatic N) is 1. The van der Waals surface area contributed by atoms with Crippen LogP contribution < -0.4 is 0 Å². The first-order chi connectivity index (χ1) is 8.56. The van der Waals surface area contributed by atoms with Crippen molar-refractivity contribution in [3.05, 3.63) is 23.7 Å². The van der Waals surface area contributed by atoms with E-state index in [4.69, 9.17) is 9.52 Å². The molecule has 0 unspecified atom stereocenters. The van der Waals surface area contributed by atoms with Gasteiger partial charge in [-0.1, -0.05) is 0 Å². The van der Waals surface area contributed by atoms with Crippen molar-refractivity contribution in [1.29, 1.82) is 0 Å². The van der Waals surface area contributed by atoms with Crippen LogP contribution in [0.1, 0.15) is 35.4 Å². The highest BCUT2D eigenvalue weighted by Crippen LogP contribution is 2.23. The Labute approximate surface area is 106 Å². The Morgan fingerprint density at radius 1 is 1.50 bits per heavy atom. The van der Waals surface area contributed by atoms with E-state index in [-0.39, 0.29) is 12.5 Å². The van der Waals surface area contributed by atoms with Crippen LogP contribution in [0.5, 0.6) is 0 Å². The molecular formula is C13H19NO4. The van der Waals surface area contributed by atoms with Gasteiger partial charge in [-0.25, -0.2) is 0 Å². The van der Waals surface area contributed by atoms with Crippen LogP contribution in [0.15, 0.2) is 16.7 Å². The molecule has 18 heavy (non-hydrogen) atoms. The van der Waals surface area contributed by atoms with Crippen molar-refractivity contribution >= 4 is 5.91 Å². The molecule has 1 amide bonds. The lowest BCUT2D eigenvalue weighted by Crippen LogP contribution is -2.36. The normalized spacial score (nSPS) is 24.9. The number of rotatable bonds is 2. The molecule has 1 fully saturated rings. The number of aliphatic hydroxyl groups is 2. The minimum Gasteiger partial charge on any atom is -0.469 e. The van der Waals surface area contributed by atoms with Gasteiger partial charge >= 0.3 is 0 Å². The van der Waals surface area contributed by atoms with Gasteiger partial charge in [-0.2, -0.15) is 0 Å². The zero-order valence-corrected chi connectivity index (χ0v) is 10.6. The summed E-state index contributed by atoms with van der Waals surface area (Å²) < 4.78 is 5.13. The van der Waals surface area contributed by atoms with E-state index in [2.05, 4.69) is 0 Å². The van der Waals surface area contributed by atoms with E-state index in [1.807, 2.05) is 0 Å². The van der Waals surface area contributed by atoms with Crippen molar-refractivity contribution in [1.82, 2.24) is 4.90 Å². The smallest absolute Gasteiger partial charge is 0.257 e. The monoisotopic (exact) mass is 253 g/mol. The van der Waals surface area contributed by atoms with Gasteiger partial charge in [0.1, 0.15) is 5.76 Å². The van der Waals surface area contributed by atoms with Gasteiger partial charge in [0.15, 0.2) is 0 Å². The summed E-state index contributed by atoms with van der Waals surface area (Å²) in [4.78, 5) is 14.0. The predicted octanol–water partition coefficient (Wildman–Crippen LogP) is 0.938. The third-order valence-electron chi connectivity index (χ3n) is 3.59. The number of aryl methyl sites for hydroxylation is 1. The Balaban J connectivity index is 2.07. The van der Waals surface area contributed by atoms with Gasteiger partial charge in [0.2, 0.25) is 0 Å². The van der Waals surface area contributed by atoms with Crippen molar-refractivity contribution < 1.29 is 19.4 Å². The second kappa shape index (κ2) is 5.12. The predicted molar refractivity (Wildman–Crippen MR) is 65.2 cm³/mol. The number of carbonyl (C=O) groups excluding carboxylic acids is 1. The fourth-order valence-electron chi connectivity index (χ4n) is 2.32. The molecule has 1 saturated heterocycles. The van der Waals surface area contributed by atoms with Gasteiger partial charge in [-0.15, -0.1) is 0 Å². The zero-order chi connectivity index (χ0) is 13.2. The van der Waals surface area contributed by atoms with Crippen LogP contribution >= 0.6 is 0 Å². The average Bonchev–Trinajstić information content (AvgIpc) is 2.68. The largest absolute Gasteiger partial charge is 0.469 e. The molecule has 0 bridgehead atoms. The standard InChI is InChI=1S/C13H19NO4/c1-10-11(3-8-18-10)12(16)14-6-2-4-13(17,9-15)5-7-14/h3,8,15,17H,2,4-7,9H2,1H3/t13-/m1/s1. The summed E-state index contributed by atoms with van der Waals surface area (Å²) in [7, 11) is 0. The topological polar surface area (TPSA) is 73.9 Å². The van der Waals surface area contributed by atoms with E-state index in [1.165, 1.54) is 6.26 Å². The summed E-state index contributed by atoms with van der Waals surface area (Å²) in [5.41, 5.74) is -0.468. The van der Waals surface area contributed by atoms with Gasteiger partial charge in [-0.3, -0.25) is 4.79 Å². The number of hydrogen-bond acceptors (Lipinski definition) is 4. The fraction of sp³-hybridized carbons (Fsp3) is 0.615. The fourth-order valence-corrected chi connectivity index (χ4v) is 2.32. The molecule has 0 aromatic carbocycles. The molecule has 1 atom stereocenters. The van der Waals surface area contributed by atoms with E-state index < -0.39 is 5.60 Å². The van der Waals surface area contributed by atoms with Crippen LogP contribution in [-0.4, -0.2) is 46.3 Å². The summed E-state index contributed by atoms with van der Waals surface area (Å²) in [6.45, 7) is 2.57. The maximum absolute atomic E-state index is 12.3. The van der Waals surface area contributed by atoms with Gasteiger partial charge in [0, 0.05) is 13.1 Å². The summed E-state index contributed by atoms with van der Waals surface area (Å²) in [5.74, 6) is 0.546. The van der Waals surface area contributed by atoms with Crippen LogP contribution in [-0.2, 0) is 0 Å². The van der Waals surface area contributed by atoms with Crippen LogP contribution in [0.25, 0.3) is 0 Å². The summed E-state index contributed by atoms with van der Waals surface area (Å²) in [6, 6.07) is 1.67. The third-order valence-corrected chi connectivity index (χ3v) is 3.59. The van der Waals surface area contributed by atoms with E-state index in [1.54, 1.807) is 17.9 Å². The molecule has 0 spiro atoms. The highest BCUT2D eigenvalue weighted by molar-refractivity contribution is 5.95. The SMILES string of the molecule is Cc1occc1C(=O)N1CCC[C@](O)(CO)CC1. The van der Waals surface area contributed by atoms with E-state index in [9.17, 15) is 9.90 Å². The van der Waals surface area contributed by atoms with Gasteiger partial charge in [0.05, 0.1) is 24.0 Å². The van der Waals surface area contributed by atoms with Crippen molar-refractivity contribution in [2.75, 3.05) is 19.7 Å². The van der Waals surface area contributed by atoms with E-state index >= 15 is 0 Å². The van der Waals surface area contributed by atoms with Crippen molar-refractivity contribution in [2.45, 2.75) is 31.8 Å². The molecule has 5 nitrogen and oxygen atoms in total. The summed E-state index contributed by atoms with van der Waals surface area (Å²) in [6.07, 6.45) is 3.13. The molecule has 0 saturated carbocycles. The molecule has 2 N–H and O–H groups in total. The molecule has 2 rings (SSSR count). The minimum atomic E-state index is -1.04. The van der Waals surface area contributed by atoms with Gasteiger partial charge in [0.25, 0.3) is 5.91 Å². The molecule has 1 aliphatic heterocycles. The first-order valence-corrected chi connectivity index (χ1v) is 6.22. The molecule has 1 aromatic rings. The van der Waals surface area contributed by atoms with Gasteiger partial charge < -0.3 is 19.5 Å². The Morgan fingerprint density at radius 2 is 2.28 bits per heavy atom. The number of hydrogen-bond donors (Lipinski definition) is 2. The number of carbonyl (C=O) groups is 1. The van der Waals surface area contributed by atoms with Crippen molar-refractivity contribution in [3.8, 4) is 0 Å². The Bertz CT molecular complexity index is 428. The summed E-state index contributed by atoms with van der Waals surface area (Å²) in [5, 5.41) is 19.2. The lowest BCUT2D eigenvalue weighted by molar-refractivity contribution is -0.0250. The van der Waals surface area contributed by atoms with Crippen molar-refractivity contribution in [2.24, 2.45) is 0 Å². The first kappa shape index (κ1) is 13.1. The van der Waals surface area contributed by atoms with Crippen LogP contribution in [0, 0.1) is 6.92 Å². The number of furan rings is 1. The Morgan fingerprint density at radius 3 is 2.89 bits per heavy atom. The number of amides is 1. The molecule has 100 valence electrons. The lowest BCUT2D eigenvalue weighted by Gasteiger charge is -2.24. The lowest BCUT2D eigenvalue weighted by atomic mass is 9.96. The van der Waals surface area contributed by atoms with E-state index in [0.29, 0.717) is 43.7 Å². The quantitative estimate of drug-likeness (QED) is 0.822. The second-order valence-electron chi connectivity index (χ2n) is 4.92. The maximum Gasteiger partial charge on any atom is 0.257 e. The molecule has 2 heterocycles. The second-order valence-corrected chi connectivity index (χ2v) is 4.92. The Kier molecular flexibility index (Phi) is 3.73. The molecule has 1 aliphatic rings. The molecular weight excluding hydrogens is 234 g/mol. The summed E-state index contributed by atoms with van der Waals surface area (Å²) >= 11 is 0. The zero-order valence-electron chi connectivity index (χ0n) is 10.6. The highest BCUT2D eigenvalue weighted by atomic mass is 16.3. The van der Waals surface area contributed by atoms with E-state index in [0.717, 1.165) is 0 Å². The number of aliphatic hydroxyl groups excluding tert-OH is 1.